The van der Waals surface area contributed by atoms with Gasteiger partial charge < -0.3 is 0 Å². The molecule has 0 saturated heterocycles. The monoisotopic (exact) mass is 230 g/mol. The summed E-state index contributed by atoms with van der Waals surface area (Å²) in [4.78, 5) is 0. The van der Waals surface area contributed by atoms with E-state index in [0.29, 0.717) is 0 Å². The summed E-state index contributed by atoms with van der Waals surface area (Å²) in [6, 6.07) is 0. The van der Waals surface area contributed by atoms with Crippen molar-refractivity contribution in [3.05, 3.63) is 0 Å². The van der Waals surface area contributed by atoms with Gasteiger partial charge in [0.1, 0.15) is 0 Å². The third kappa shape index (κ3) is 107. The van der Waals surface area contributed by atoms with Gasteiger partial charge in [0.2, 0.25) is 0 Å². The van der Waals surface area contributed by atoms with Gasteiger partial charge in [-0.15, -0.1) is 0 Å². The van der Waals surface area contributed by atoms with Crippen molar-refractivity contribution in [3.8, 4) is 0 Å². The topological polar surface area (TPSA) is 0 Å². The van der Waals surface area contributed by atoms with Crippen LogP contribution in [0.4, 0.5) is 18.8 Å². The SMILES string of the molecule is [F].[F].[F].[F].[GeH3][GeH3]. The van der Waals surface area contributed by atoms with E-state index in [4.69, 9.17) is 0 Å². The Bertz CT molecular complexity index is 5.51. The Morgan fingerprint density at radius 2 is 0.500 bits per heavy atom. The fourth-order valence-corrected chi connectivity index (χ4v) is 0. The molecule has 0 aromatic heterocycles. The van der Waals surface area contributed by atoms with Gasteiger partial charge in [-0.3, -0.25) is 0 Å². The molecule has 4 radical (unpaired) electrons. The first-order valence-corrected chi connectivity index (χ1v) is 27.0. The van der Waals surface area contributed by atoms with E-state index < -0.39 is 0 Å². The van der Waals surface area contributed by atoms with E-state index in [-0.39, 0.29) is 18.8 Å². The molecule has 0 aliphatic heterocycles. The van der Waals surface area contributed by atoms with Crippen LogP contribution in [0.25, 0.3) is 0 Å². The van der Waals surface area contributed by atoms with Crippen LogP contribution in [0.3, 0.4) is 0 Å². The van der Waals surface area contributed by atoms with Crippen LogP contribution < -0.4 is 0 Å². The van der Waals surface area contributed by atoms with Crippen LogP contribution in [0.2, 0.25) is 0 Å². The average Bonchev–Trinajstić information content (AvgIpc) is 1.00. The van der Waals surface area contributed by atoms with Crippen molar-refractivity contribution in [2.75, 3.05) is 0 Å². The first-order valence-electron chi connectivity index (χ1n) is 1.00. The molecule has 0 rings (SSSR count). The Morgan fingerprint density at radius 3 is 0.500 bits per heavy atom. The fraction of sp³-hybridized carbons (Fsp3) is 0. The standard InChI is InChI=1S/4F.Ge2H6/c;;;;1-2/h;;;;1-2H3. The summed E-state index contributed by atoms with van der Waals surface area (Å²) in [6.45, 7) is 0. The normalized spacial score (nSPS) is 2.00. The van der Waals surface area contributed by atoms with E-state index in [1.165, 1.54) is 29.1 Å². The molecule has 0 aromatic rings. The van der Waals surface area contributed by atoms with Gasteiger partial charge in [0, 0.05) is 18.8 Å². The van der Waals surface area contributed by atoms with E-state index in [1.807, 2.05) is 0 Å². The Kier molecular flexibility index (Phi) is 2420. The minimum atomic E-state index is 0. The van der Waals surface area contributed by atoms with E-state index in [1.54, 1.807) is 0 Å². The molecule has 0 saturated carbocycles. The van der Waals surface area contributed by atoms with E-state index in [9.17, 15) is 0 Å². The molecule has 0 N–H and O–H groups in total. The Hall–Kier alpha value is 0.806. The summed E-state index contributed by atoms with van der Waals surface area (Å²) < 4.78 is 0. The predicted octanol–water partition coefficient (Wildman–Crippen LogP) is -0.687. The van der Waals surface area contributed by atoms with Crippen molar-refractivity contribution in [2.45, 2.75) is 0 Å². The van der Waals surface area contributed by atoms with Crippen molar-refractivity contribution >= 4 is 29.1 Å². The molecule has 0 aromatic carbocycles. The molecule has 6 heavy (non-hydrogen) atoms. The Labute approximate surface area is 48.4 Å². The van der Waals surface area contributed by atoms with Gasteiger partial charge in [0.15, 0.2) is 0 Å². The molecule has 0 aliphatic rings. The van der Waals surface area contributed by atoms with Crippen LogP contribution in [-0.4, -0.2) is 29.1 Å². The van der Waals surface area contributed by atoms with E-state index in [0.717, 1.165) is 0 Å². The maximum atomic E-state index is 1.25. The second-order valence-electron chi connectivity index (χ2n) is 0. The minimum absolute atomic E-state index is 0. The molecule has 0 nitrogen and oxygen atoms in total. The summed E-state index contributed by atoms with van der Waals surface area (Å²) >= 11 is 2.50. The van der Waals surface area contributed by atoms with E-state index >= 15 is 0 Å². The van der Waals surface area contributed by atoms with Gasteiger partial charge >= 0.3 is 29.1 Å². The molecule has 0 atom stereocenters. The van der Waals surface area contributed by atoms with Crippen LogP contribution in [-0.2, 0) is 0 Å². The third-order valence-corrected chi connectivity index (χ3v) is 0. The second-order valence-corrected chi connectivity index (χ2v) is 0. The van der Waals surface area contributed by atoms with Gasteiger partial charge in [-0.05, 0) is 0 Å². The van der Waals surface area contributed by atoms with Gasteiger partial charge in [-0.25, -0.2) is 0 Å². The van der Waals surface area contributed by atoms with Crippen LogP contribution in [0.5, 0.6) is 0 Å². The summed E-state index contributed by atoms with van der Waals surface area (Å²) in [6.07, 6.45) is 0. The van der Waals surface area contributed by atoms with Crippen molar-refractivity contribution in [1.29, 1.82) is 0 Å². The third-order valence-electron chi connectivity index (χ3n) is 0. The molecule has 0 amide bonds. The number of hydrogen-bond donors (Lipinski definition) is 0. The molecular formula is H6F4Ge2. The summed E-state index contributed by atoms with van der Waals surface area (Å²) in [7, 11) is 0. The van der Waals surface area contributed by atoms with Gasteiger partial charge in [-0.1, -0.05) is 0 Å². The first-order chi connectivity index (χ1) is 1.00. The van der Waals surface area contributed by atoms with Crippen LogP contribution in [0, 0.1) is 0 Å². The van der Waals surface area contributed by atoms with Crippen LogP contribution >= 0.6 is 0 Å². The summed E-state index contributed by atoms with van der Waals surface area (Å²) in [5.74, 6) is 0. The molecule has 0 spiro atoms. The quantitative estimate of drug-likeness (QED) is 0.380. The molecule has 0 unspecified atom stereocenters. The van der Waals surface area contributed by atoms with Crippen molar-refractivity contribution in [2.24, 2.45) is 0 Å². The number of rotatable bonds is 0. The van der Waals surface area contributed by atoms with Crippen molar-refractivity contribution < 1.29 is 18.8 Å². The fourth-order valence-electron chi connectivity index (χ4n) is 0. The Balaban J connectivity index is -0.000000000833. The van der Waals surface area contributed by atoms with Crippen molar-refractivity contribution in [1.82, 2.24) is 0 Å². The van der Waals surface area contributed by atoms with Crippen molar-refractivity contribution in [3.63, 3.8) is 0 Å². The number of halogens is 4. The Morgan fingerprint density at radius 1 is 0.500 bits per heavy atom. The van der Waals surface area contributed by atoms with Crippen LogP contribution in [0.1, 0.15) is 0 Å². The predicted molar refractivity (Wildman–Crippen MR) is 24.3 cm³/mol. The molecule has 0 heterocycles. The molecule has 42 valence electrons. The van der Waals surface area contributed by atoms with Gasteiger partial charge in [-0.2, -0.15) is 0 Å². The van der Waals surface area contributed by atoms with Gasteiger partial charge in [0.25, 0.3) is 0 Å². The van der Waals surface area contributed by atoms with E-state index in [2.05, 4.69) is 0 Å². The molecule has 6 heteroatoms. The second kappa shape index (κ2) is 207. The zero-order valence-electron chi connectivity index (χ0n) is 3.51. The molecule has 0 aliphatic carbocycles. The number of hydrogen-bond acceptors (Lipinski definition) is 0. The molecular weight excluding hydrogens is 221 g/mol. The molecule has 0 fully saturated rings. The zero-order valence-corrected chi connectivity index (χ0v) is 11.9. The first kappa shape index (κ1) is 70.4. The summed E-state index contributed by atoms with van der Waals surface area (Å²) in [5.41, 5.74) is 0. The maximum absolute atomic E-state index is 1.25. The average molecular weight is 227 g/mol. The summed E-state index contributed by atoms with van der Waals surface area (Å²) in [5, 5.41) is 0. The van der Waals surface area contributed by atoms with Crippen LogP contribution in [0.15, 0.2) is 0 Å². The molecule has 0 bridgehead atoms. The zero-order chi connectivity index (χ0) is 2.00. The van der Waals surface area contributed by atoms with Gasteiger partial charge in [0.05, 0.1) is 0 Å².